The molecule has 1 atom stereocenters. The van der Waals surface area contributed by atoms with Crippen molar-refractivity contribution < 1.29 is 0 Å². The van der Waals surface area contributed by atoms with Crippen molar-refractivity contribution in [3.05, 3.63) is 54.2 Å². The Morgan fingerprint density at radius 2 is 2.17 bits per heavy atom. The highest BCUT2D eigenvalue weighted by molar-refractivity contribution is 5.56. The van der Waals surface area contributed by atoms with Crippen LogP contribution in [0.1, 0.15) is 30.6 Å². The predicted molar refractivity (Wildman–Crippen MR) is 70.6 cm³/mol. The number of benzene rings is 1. The van der Waals surface area contributed by atoms with Crippen molar-refractivity contribution >= 4 is 6.08 Å². The van der Waals surface area contributed by atoms with Crippen molar-refractivity contribution in [2.75, 3.05) is 6.54 Å². The van der Waals surface area contributed by atoms with Gasteiger partial charge in [-0.2, -0.15) is 5.10 Å². The van der Waals surface area contributed by atoms with Gasteiger partial charge < -0.3 is 4.90 Å². The van der Waals surface area contributed by atoms with Crippen molar-refractivity contribution in [1.82, 2.24) is 19.7 Å². The number of hydrogen-bond acceptors (Lipinski definition) is 3. The highest BCUT2D eigenvalue weighted by Gasteiger charge is 2.24. The van der Waals surface area contributed by atoms with Crippen molar-refractivity contribution in [3.63, 3.8) is 0 Å². The van der Waals surface area contributed by atoms with Gasteiger partial charge in [0, 0.05) is 18.3 Å². The minimum atomic E-state index is 0.119. The van der Waals surface area contributed by atoms with E-state index >= 15 is 0 Å². The molecule has 3 rings (SSSR count). The molecule has 1 aromatic carbocycles. The fraction of sp³-hybridized carbons (Fsp3) is 0.286. The molecule has 0 aliphatic carbocycles. The molecule has 4 nitrogen and oxygen atoms in total. The topological polar surface area (TPSA) is 34.0 Å². The van der Waals surface area contributed by atoms with Crippen LogP contribution in [-0.2, 0) is 0 Å². The maximum absolute atomic E-state index is 4.30. The Kier molecular flexibility index (Phi) is 2.84. The molecule has 1 unspecified atom stereocenters. The van der Waals surface area contributed by atoms with Gasteiger partial charge in [-0.3, -0.25) is 0 Å². The lowest BCUT2D eigenvalue weighted by molar-refractivity contribution is 0.226. The van der Waals surface area contributed by atoms with Gasteiger partial charge in [0.2, 0.25) is 0 Å². The summed E-state index contributed by atoms with van der Waals surface area (Å²) < 4.78 is 1.91. The van der Waals surface area contributed by atoms with Crippen LogP contribution >= 0.6 is 0 Å². The normalized spacial score (nSPS) is 17.8. The lowest BCUT2D eigenvalue weighted by atomic mass is 10.0. The van der Waals surface area contributed by atoms with Crippen LogP contribution in [0.25, 0.3) is 6.08 Å². The highest BCUT2D eigenvalue weighted by Crippen LogP contribution is 2.30. The van der Waals surface area contributed by atoms with E-state index in [4.69, 9.17) is 0 Å². The monoisotopic (exact) mass is 240 g/mol. The van der Waals surface area contributed by atoms with E-state index in [1.165, 1.54) is 11.1 Å². The molecule has 2 heterocycles. The summed E-state index contributed by atoms with van der Waals surface area (Å²) in [5.41, 5.74) is 2.53. The lowest BCUT2D eigenvalue weighted by Crippen LogP contribution is -2.32. The van der Waals surface area contributed by atoms with E-state index in [-0.39, 0.29) is 6.17 Å². The zero-order valence-corrected chi connectivity index (χ0v) is 10.4. The summed E-state index contributed by atoms with van der Waals surface area (Å²) in [6.07, 6.45) is 8.91. The van der Waals surface area contributed by atoms with E-state index in [0.717, 1.165) is 13.0 Å². The Bertz CT molecular complexity index is 545. The third kappa shape index (κ3) is 1.79. The van der Waals surface area contributed by atoms with Gasteiger partial charge in [-0.25, -0.2) is 9.67 Å². The minimum Gasteiger partial charge on any atom is -0.352 e. The van der Waals surface area contributed by atoms with Gasteiger partial charge in [0.1, 0.15) is 12.7 Å². The largest absolute Gasteiger partial charge is 0.352 e. The fourth-order valence-corrected chi connectivity index (χ4v) is 2.43. The summed E-state index contributed by atoms with van der Waals surface area (Å²) in [4.78, 5) is 6.37. The van der Waals surface area contributed by atoms with Gasteiger partial charge in [0.25, 0.3) is 0 Å². The molecule has 0 fully saturated rings. The van der Waals surface area contributed by atoms with Crippen molar-refractivity contribution in [2.24, 2.45) is 0 Å². The summed E-state index contributed by atoms with van der Waals surface area (Å²) in [5.74, 6) is 0. The third-order valence-electron chi connectivity index (χ3n) is 3.20. The SMILES string of the molecule is CCCN1C=Cc2ccccc2C1n1cncn1. The number of nitrogens with zero attached hydrogens (tertiary/aromatic N) is 4. The Hall–Kier alpha value is -2.10. The molecule has 0 spiro atoms. The first-order chi connectivity index (χ1) is 8.90. The second-order valence-electron chi connectivity index (χ2n) is 4.43. The maximum atomic E-state index is 4.30. The van der Waals surface area contributed by atoms with E-state index < -0.39 is 0 Å². The summed E-state index contributed by atoms with van der Waals surface area (Å²) >= 11 is 0. The number of aromatic nitrogens is 3. The minimum absolute atomic E-state index is 0.119. The van der Waals surface area contributed by atoms with Crippen molar-refractivity contribution in [1.29, 1.82) is 0 Å². The first-order valence-corrected chi connectivity index (χ1v) is 6.27. The molecule has 0 saturated heterocycles. The maximum Gasteiger partial charge on any atom is 0.150 e. The first-order valence-electron chi connectivity index (χ1n) is 6.27. The van der Waals surface area contributed by atoms with Gasteiger partial charge in [-0.15, -0.1) is 0 Å². The predicted octanol–water partition coefficient (Wildman–Crippen LogP) is 2.52. The van der Waals surface area contributed by atoms with Crippen LogP contribution in [0.3, 0.4) is 0 Å². The molecule has 1 aliphatic rings. The molecule has 92 valence electrons. The van der Waals surface area contributed by atoms with Crippen LogP contribution in [-0.4, -0.2) is 26.2 Å². The molecule has 18 heavy (non-hydrogen) atoms. The van der Waals surface area contributed by atoms with E-state index in [1.807, 2.05) is 4.68 Å². The quantitative estimate of drug-likeness (QED) is 0.826. The van der Waals surface area contributed by atoms with Gasteiger partial charge in [0.15, 0.2) is 6.17 Å². The summed E-state index contributed by atoms with van der Waals surface area (Å²) in [5, 5.41) is 4.30. The average molecular weight is 240 g/mol. The Morgan fingerprint density at radius 3 is 2.94 bits per heavy atom. The summed E-state index contributed by atoms with van der Waals surface area (Å²) in [7, 11) is 0. The number of fused-ring (bicyclic) bond motifs is 1. The van der Waals surface area contributed by atoms with E-state index in [0.29, 0.717) is 0 Å². The lowest BCUT2D eigenvalue weighted by Gasteiger charge is -2.34. The molecule has 2 aromatic rings. The van der Waals surface area contributed by atoms with Crippen LogP contribution in [0.2, 0.25) is 0 Å². The molecule has 0 radical (unpaired) electrons. The second-order valence-corrected chi connectivity index (χ2v) is 4.43. The van der Waals surface area contributed by atoms with E-state index in [9.17, 15) is 0 Å². The average Bonchev–Trinajstić information content (AvgIpc) is 2.92. The van der Waals surface area contributed by atoms with Gasteiger partial charge >= 0.3 is 0 Å². The third-order valence-corrected chi connectivity index (χ3v) is 3.20. The van der Waals surface area contributed by atoms with Gasteiger partial charge in [0.05, 0.1) is 0 Å². The summed E-state index contributed by atoms with van der Waals surface area (Å²) in [6.45, 7) is 3.20. The Balaban J connectivity index is 2.07. The number of hydrogen-bond donors (Lipinski definition) is 0. The fourth-order valence-electron chi connectivity index (χ4n) is 2.43. The van der Waals surface area contributed by atoms with Crippen molar-refractivity contribution in [3.8, 4) is 0 Å². The van der Waals surface area contributed by atoms with Gasteiger partial charge in [-0.1, -0.05) is 31.2 Å². The molecule has 1 aromatic heterocycles. The zero-order chi connectivity index (χ0) is 12.4. The van der Waals surface area contributed by atoms with Crippen LogP contribution in [0.4, 0.5) is 0 Å². The van der Waals surface area contributed by atoms with Crippen molar-refractivity contribution in [2.45, 2.75) is 19.5 Å². The molecule has 4 heteroatoms. The van der Waals surface area contributed by atoms with E-state index in [2.05, 4.69) is 58.4 Å². The van der Waals surface area contributed by atoms with Crippen LogP contribution < -0.4 is 0 Å². The summed E-state index contributed by atoms with van der Waals surface area (Å²) in [6, 6.07) is 8.44. The molecule has 0 bridgehead atoms. The van der Waals surface area contributed by atoms with E-state index in [1.54, 1.807) is 12.7 Å². The Labute approximate surface area is 107 Å². The molecule has 1 aliphatic heterocycles. The first kappa shape index (κ1) is 11.0. The highest BCUT2D eigenvalue weighted by atomic mass is 15.4. The smallest absolute Gasteiger partial charge is 0.150 e. The molecular formula is C14H16N4. The molecule has 0 N–H and O–H groups in total. The van der Waals surface area contributed by atoms with Crippen LogP contribution in [0.5, 0.6) is 0 Å². The second kappa shape index (κ2) is 4.64. The molecular weight excluding hydrogens is 224 g/mol. The Morgan fingerprint density at radius 1 is 1.28 bits per heavy atom. The standard InChI is InChI=1S/C14H16N4/c1-2-8-17-9-7-12-5-3-4-6-13(12)14(17)18-11-15-10-16-18/h3-7,9-11,14H,2,8H2,1H3. The van der Waals surface area contributed by atoms with Crippen LogP contribution in [0.15, 0.2) is 43.1 Å². The number of rotatable bonds is 3. The molecule has 0 saturated carbocycles. The zero-order valence-electron chi connectivity index (χ0n) is 10.4. The van der Waals surface area contributed by atoms with Crippen LogP contribution in [0, 0.1) is 0 Å². The molecule has 0 amide bonds. The van der Waals surface area contributed by atoms with Gasteiger partial charge in [-0.05, 0) is 18.1 Å².